The van der Waals surface area contributed by atoms with E-state index in [1.54, 1.807) is 7.11 Å². The monoisotopic (exact) mass is 285 g/mol. The Morgan fingerprint density at radius 3 is 2.38 bits per heavy atom. The average Bonchev–Trinajstić information content (AvgIpc) is 2.47. The summed E-state index contributed by atoms with van der Waals surface area (Å²) in [5.41, 5.74) is 2.84. The molecule has 4 nitrogen and oxygen atoms in total. The van der Waals surface area contributed by atoms with E-state index in [1.807, 2.05) is 56.3 Å². The van der Waals surface area contributed by atoms with Crippen molar-refractivity contribution in [3.63, 3.8) is 0 Å². The molecule has 0 atom stereocenters. The second kappa shape index (κ2) is 6.79. The van der Waals surface area contributed by atoms with Crippen LogP contribution in [0.4, 0.5) is 5.69 Å². The lowest BCUT2D eigenvalue weighted by molar-refractivity contribution is -0.118. The Morgan fingerprint density at radius 2 is 1.71 bits per heavy atom. The van der Waals surface area contributed by atoms with Gasteiger partial charge in [-0.2, -0.15) is 0 Å². The van der Waals surface area contributed by atoms with E-state index in [2.05, 4.69) is 5.32 Å². The number of amides is 1. The molecule has 2 aromatic rings. The molecular weight excluding hydrogens is 266 g/mol. The minimum absolute atomic E-state index is 0.0415. The van der Waals surface area contributed by atoms with Gasteiger partial charge >= 0.3 is 0 Å². The number of methoxy groups -OCH3 is 1. The van der Waals surface area contributed by atoms with Crippen LogP contribution in [0.25, 0.3) is 0 Å². The zero-order valence-corrected chi connectivity index (χ0v) is 12.5. The van der Waals surface area contributed by atoms with Gasteiger partial charge in [-0.3, -0.25) is 4.79 Å². The van der Waals surface area contributed by atoms with Gasteiger partial charge in [-0.25, -0.2) is 0 Å². The van der Waals surface area contributed by atoms with Crippen LogP contribution >= 0.6 is 0 Å². The van der Waals surface area contributed by atoms with Gasteiger partial charge in [0.25, 0.3) is 5.91 Å². The quantitative estimate of drug-likeness (QED) is 0.916. The first-order chi connectivity index (χ1) is 10.1. The van der Waals surface area contributed by atoms with E-state index < -0.39 is 0 Å². The molecule has 0 saturated carbocycles. The third-order valence-electron chi connectivity index (χ3n) is 3.02. The SMILES string of the molecule is COc1ccc(C)cc1NC(=O)COc1ccc(C)cc1. The van der Waals surface area contributed by atoms with Gasteiger partial charge in [-0.15, -0.1) is 0 Å². The number of hydrogen-bond acceptors (Lipinski definition) is 3. The molecule has 0 aliphatic heterocycles. The lowest BCUT2D eigenvalue weighted by Crippen LogP contribution is -2.20. The fourth-order valence-corrected chi connectivity index (χ4v) is 1.89. The number of ether oxygens (including phenoxy) is 2. The van der Waals surface area contributed by atoms with Crippen molar-refractivity contribution in [2.75, 3.05) is 19.0 Å². The average molecular weight is 285 g/mol. The number of hydrogen-bond donors (Lipinski definition) is 1. The standard InChI is InChI=1S/C17H19NO3/c1-12-4-7-14(8-5-12)21-11-17(19)18-15-10-13(2)6-9-16(15)20-3/h4-10H,11H2,1-3H3,(H,18,19). The van der Waals surface area contributed by atoms with Crippen LogP contribution in [0.5, 0.6) is 11.5 Å². The first-order valence-electron chi connectivity index (χ1n) is 6.72. The Kier molecular flexibility index (Phi) is 4.82. The summed E-state index contributed by atoms with van der Waals surface area (Å²) in [5.74, 6) is 1.08. The highest BCUT2D eigenvalue weighted by Crippen LogP contribution is 2.25. The second-order valence-corrected chi connectivity index (χ2v) is 4.85. The van der Waals surface area contributed by atoms with E-state index >= 15 is 0 Å². The lowest BCUT2D eigenvalue weighted by atomic mass is 10.2. The van der Waals surface area contributed by atoms with Gasteiger partial charge in [0, 0.05) is 0 Å². The summed E-state index contributed by atoms with van der Waals surface area (Å²) in [6, 6.07) is 13.2. The van der Waals surface area contributed by atoms with Crippen molar-refractivity contribution >= 4 is 11.6 Å². The molecule has 0 heterocycles. The molecule has 0 spiro atoms. The summed E-state index contributed by atoms with van der Waals surface area (Å²) in [7, 11) is 1.57. The Bertz CT molecular complexity index is 620. The lowest BCUT2D eigenvalue weighted by Gasteiger charge is -2.11. The van der Waals surface area contributed by atoms with Crippen LogP contribution in [0.15, 0.2) is 42.5 Å². The summed E-state index contributed by atoms with van der Waals surface area (Å²) in [6.45, 7) is 3.92. The summed E-state index contributed by atoms with van der Waals surface area (Å²) in [5, 5.41) is 2.79. The van der Waals surface area contributed by atoms with Gasteiger partial charge in [0.2, 0.25) is 0 Å². The van der Waals surface area contributed by atoms with Crippen LogP contribution in [0, 0.1) is 13.8 Å². The molecule has 21 heavy (non-hydrogen) atoms. The smallest absolute Gasteiger partial charge is 0.262 e. The highest BCUT2D eigenvalue weighted by Gasteiger charge is 2.08. The van der Waals surface area contributed by atoms with Crippen LogP contribution in [0.2, 0.25) is 0 Å². The molecule has 0 aliphatic rings. The summed E-state index contributed by atoms with van der Waals surface area (Å²) in [4.78, 5) is 11.9. The summed E-state index contributed by atoms with van der Waals surface area (Å²) < 4.78 is 10.7. The van der Waals surface area contributed by atoms with Gasteiger partial charge in [-0.1, -0.05) is 23.8 Å². The van der Waals surface area contributed by atoms with Gasteiger partial charge in [0.05, 0.1) is 12.8 Å². The predicted molar refractivity (Wildman–Crippen MR) is 83.0 cm³/mol. The van der Waals surface area contributed by atoms with Crippen LogP contribution in [-0.4, -0.2) is 19.6 Å². The third-order valence-corrected chi connectivity index (χ3v) is 3.02. The number of nitrogens with one attached hydrogen (secondary N) is 1. The first-order valence-corrected chi connectivity index (χ1v) is 6.72. The van der Waals surface area contributed by atoms with Crippen molar-refractivity contribution in [3.05, 3.63) is 53.6 Å². The number of rotatable bonds is 5. The molecule has 1 amide bonds. The largest absolute Gasteiger partial charge is 0.495 e. The zero-order chi connectivity index (χ0) is 15.2. The molecule has 0 fully saturated rings. The maximum atomic E-state index is 11.9. The van der Waals surface area contributed by atoms with Gasteiger partial charge < -0.3 is 14.8 Å². The van der Waals surface area contributed by atoms with Crippen LogP contribution in [0.1, 0.15) is 11.1 Å². The highest BCUT2D eigenvalue weighted by molar-refractivity contribution is 5.93. The fraction of sp³-hybridized carbons (Fsp3) is 0.235. The van der Waals surface area contributed by atoms with Crippen molar-refractivity contribution in [2.24, 2.45) is 0 Å². The van der Waals surface area contributed by atoms with Crippen molar-refractivity contribution in [1.29, 1.82) is 0 Å². The second-order valence-electron chi connectivity index (χ2n) is 4.85. The number of aryl methyl sites for hydroxylation is 2. The zero-order valence-electron chi connectivity index (χ0n) is 12.5. The predicted octanol–water partition coefficient (Wildman–Crippen LogP) is 3.33. The molecule has 2 aromatic carbocycles. The highest BCUT2D eigenvalue weighted by atomic mass is 16.5. The molecule has 0 radical (unpaired) electrons. The molecule has 4 heteroatoms. The number of anilines is 1. The summed E-state index contributed by atoms with van der Waals surface area (Å²) in [6.07, 6.45) is 0. The van der Waals surface area contributed by atoms with Gasteiger partial charge in [0.15, 0.2) is 6.61 Å². The Labute approximate surface area is 124 Å². The van der Waals surface area contributed by atoms with Crippen LogP contribution < -0.4 is 14.8 Å². The molecule has 0 unspecified atom stereocenters. The molecule has 0 aromatic heterocycles. The normalized spacial score (nSPS) is 10.0. The third kappa shape index (κ3) is 4.24. The Balaban J connectivity index is 1.95. The number of benzene rings is 2. The maximum absolute atomic E-state index is 11.9. The van der Waals surface area contributed by atoms with Crippen molar-refractivity contribution in [2.45, 2.75) is 13.8 Å². The van der Waals surface area contributed by atoms with Crippen LogP contribution in [0.3, 0.4) is 0 Å². The van der Waals surface area contributed by atoms with Crippen molar-refractivity contribution < 1.29 is 14.3 Å². The molecule has 0 saturated heterocycles. The van der Waals surface area contributed by atoms with E-state index in [1.165, 1.54) is 0 Å². The van der Waals surface area contributed by atoms with Crippen LogP contribution in [-0.2, 0) is 4.79 Å². The van der Waals surface area contributed by atoms with E-state index in [0.29, 0.717) is 17.2 Å². The minimum atomic E-state index is -0.223. The molecule has 110 valence electrons. The van der Waals surface area contributed by atoms with E-state index in [-0.39, 0.29) is 12.5 Å². The summed E-state index contributed by atoms with van der Waals surface area (Å²) >= 11 is 0. The minimum Gasteiger partial charge on any atom is -0.495 e. The molecule has 0 aliphatic carbocycles. The molecule has 0 bridgehead atoms. The van der Waals surface area contributed by atoms with E-state index in [0.717, 1.165) is 11.1 Å². The number of carbonyl (C=O) groups excluding carboxylic acids is 1. The first kappa shape index (κ1) is 14.9. The van der Waals surface area contributed by atoms with Gasteiger partial charge in [0.1, 0.15) is 11.5 Å². The maximum Gasteiger partial charge on any atom is 0.262 e. The number of carbonyl (C=O) groups is 1. The molecular formula is C17H19NO3. The van der Waals surface area contributed by atoms with Crippen molar-refractivity contribution in [1.82, 2.24) is 0 Å². The van der Waals surface area contributed by atoms with E-state index in [4.69, 9.17) is 9.47 Å². The Hall–Kier alpha value is -2.49. The topological polar surface area (TPSA) is 47.6 Å². The fourth-order valence-electron chi connectivity index (χ4n) is 1.89. The van der Waals surface area contributed by atoms with Gasteiger partial charge in [-0.05, 0) is 43.7 Å². The van der Waals surface area contributed by atoms with E-state index in [9.17, 15) is 4.79 Å². The molecule has 2 rings (SSSR count). The Morgan fingerprint density at radius 1 is 1.05 bits per heavy atom. The van der Waals surface area contributed by atoms with Crippen molar-refractivity contribution in [3.8, 4) is 11.5 Å². The molecule has 1 N–H and O–H groups in total.